The number of ether oxygens (including phenoxy) is 2. The van der Waals surface area contributed by atoms with Gasteiger partial charge in [0, 0.05) is 29.9 Å². The summed E-state index contributed by atoms with van der Waals surface area (Å²) in [5, 5.41) is 4.80. The Morgan fingerprint density at radius 2 is 1.86 bits per heavy atom. The van der Waals surface area contributed by atoms with Gasteiger partial charge in [-0.1, -0.05) is 0 Å². The fraction of sp³-hybridized carbons (Fsp3) is 0.400. The Morgan fingerprint density at radius 1 is 1.00 bits per heavy atom. The number of nitrogens with zero attached hydrogens (tertiary/aromatic N) is 6. The highest BCUT2D eigenvalue weighted by Crippen LogP contribution is 2.49. The minimum atomic E-state index is 0.263. The summed E-state index contributed by atoms with van der Waals surface area (Å²) < 4.78 is 15.7. The van der Waals surface area contributed by atoms with Crippen LogP contribution in [0.5, 0.6) is 11.6 Å². The zero-order chi connectivity index (χ0) is 18.8. The van der Waals surface area contributed by atoms with Crippen molar-refractivity contribution in [2.45, 2.75) is 38.5 Å². The summed E-state index contributed by atoms with van der Waals surface area (Å²) in [6, 6.07) is 3.91. The third kappa shape index (κ3) is 2.11. The Morgan fingerprint density at radius 3 is 2.68 bits per heavy atom. The monoisotopic (exact) mass is 376 g/mol. The molecule has 1 fully saturated rings. The molecular weight excluding hydrogens is 356 g/mol. The van der Waals surface area contributed by atoms with Crippen LogP contribution >= 0.6 is 0 Å². The number of imidazole rings is 1. The molecule has 1 aliphatic heterocycles. The fourth-order valence-electron chi connectivity index (χ4n) is 4.28. The number of rotatable bonds is 2. The Hall–Kier alpha value is -3.16. The molecule has 0 amide bonds. The van der Waals surface area contributed by atoms with Gasteiger partial charge in [-0.25, -0.2) is 14.5 Å². The van der Waals surface area contributed by atoms with Crippen molar-refractivity contribution in [1.29, 1.82) is 0 Å². The van der Waals surface area contributed by atoms with Crippen LogP contribution in [0, 0.1) is 13.8 Å². The zero-order valence-electron chi connectivity index (χ0n) is 15.8. The van der Waals surface area contributed by atoms with Gasteiger partial charge in [0.15, 0.2) is 17.2 Å². The summed E-state index contributed by atoms with van der Waals surface area (Å²) in [5.41, 5.74) is 4.75. The smallest absolute Gasteiger partial charge is 0.243 e. The van der Waals surface area contributed by atoms with Crippen LogP contribution in [0.25, 0.3) is 11.3 Å². The van der Waals surface area contributed by atoms with Crippen LogP contribution in [0.2, 0.25) is 0 Å². The van der Waals surface area contributed by atoms with E-state index in [1.54, 1.807) is 0 Å². The predicted molar refractivity (Wildman–Crippen MR) is 101 cm³/mol. The van der Waals surface area contributed by atoms with Gasteiger partial charge in [0.25, 0.3) is 0 Å². The van der Waals surface area contributed by atoms with Crippen LogP contribution in [0.15, 0.2) is 24.5 Å². The lowest BCUT2D eigenvalue weighted by molar-refractivity contribution is 0.161. The second kappa shape index (κ2) is 5.67. The molecule has 4 aromatic rings. The van der Waals surface area contributed by atoms with E-state index in [1.807, 2.05) is 42.9 Å². The normalized spacial score (nSPS) is 21.2. The third-order valence-corrected chi connectivity index (χ3v) is 5.91. The van der Waals surface area contributed by atoms with E-state index in [-0.39, 0.29) is 5.92 Å². The molecule has 0 saturated heterocycles. The van der Waals surface area contributed by atoms with Crippen molar-refractivity contribution in [3.63, 3.8) is 0 Å². The quantitative estimate of drug-likeness (QED) is 0.535. The second-order valence-corrected chi connectivity index (χ2v) is 7.56. The maximum absolute atomic E-state index is 5.93. The lowest BCUT2D eigenvalue weighted by atomic mass is 9.71. The van der Waals surface area contributed by atoms with Crippen LogP contribution in [0.3, 0.4) is 0 Å². The second-order valence-electron chi connectivity index (χ2n) is 7.56. The SMILES string of the molecule is Cc1ncc(C)n2nc(C3CCC3c3cnc4ccc5c(n34)OCCO5)nc12. The van der Waals surface area contributed by atoms with Gasteiger partial charge in [0.2, 0.25) is 5.88 Å². The summed E-state index contributed by atoms with van der Waals surface area (Å²) in [7, 11) is 0. The van der Waals surface area contributed by atoms with E-state index in [0.717, 1.165) is 58.7 Å². The van der Waals surface area contributed by atoms with Gasteiger partial charge in [-0.2, -0.15) is 5.10 Å². The molecule has 142 valence electrons. The van der Waals surface area contributed by atoms with E-state index >= 15 is 0 Å². The highest BCUT2D eigenvalue weighted by Gasteiger charge is 2.39. The van der Waals surface area contributed by atoms with E-state index in [2.05, 4.69) is 14.4 Å². The maximum Gasteiger partial charge on any atom is 0.243 e. The van der Waals surface area contributed by atoms with Crippen molar-refractivity contribution in [3.05, 3.63) is 47.4 Å². The highest BCUT2D eigenvalue weighted by atomic mass is 16.6. The molecule has 2 atom stereocenters. The van der Waals surface area contributed by atoms with E-state index in [0.29, 0.717) is 19.1 Å². The van der Waals surface area contributed by atoms with Crippen molar-refractivity contribution in [2.75, 3.05) is 13.2 Å². The number of hydrogen-bond acceptors (Lipinski definition) is 6. The molecule has 2 aliphatic rings. The first-order chi connectivity index (χ1) is 13.7. The van der Waals surface area contributed by atoms with Gasteiger partial charge in [-0.3, -0.25) is 9.38 Å². The number of pyridine rings is 1. The van der Waals surface area contributed by atoms with Gasteiger partial charge >= 0.3 is 0 Å². The van der Waals surface area contributed by atoms with E-state index in [9.17, 15) is 0 Å². The van der Waals surface area contributed by atoms with Crippen molar-refractivity contribution < 1.29 is 9.47 Å². The molecule has 2 unspecified atom stereocenters. The van der Waals surface area contributed by atoms with Crippen LogP contribution in [0.4, 0.5) is 0 Å². The van der Waals surface area contributed by atoms with Gasteiger partial charge in [-0.15, -0.1) is 0 Å². The number of fused-ring (bicyclic) bond motifs is 4. The fourth-order valence-corrected chi connectivity index (χ4v) is 4.28. The average Bonchev–Trinajstić information content (AvgIpc) is 3.30. The molecule has 0 spiro atoms. The summed E-state index contributed by atoms with van der Waals surface area (Å²) in [6.45, 7) is 5.10. The molecule has 1 aliphatic carbocycles. The molecule has 0 radical (unpaired) electrons. The number of hydrogen-bond donors (Lipinski definition) is 0. The van der Waals surface area contributed by atoms with Crippen molar-refractivity contribution in [1.82, 2.24) is 29.0 Å². The number of aryl methyl sites for hydroxylation is 2. The summed E-state index contributed by atoms with van der Waals surface area (Å²) >= 11 is 0. The van der Waals surface area contributed by atoms with Crippen molar-refractivity contribution >= 4 is 11.3 Å². The summed E-state index contributed by atoms with van der Waals surface area (Å²) in [4.78, 5) is 13.8. The molecule has 6 rings (SSSR count). The lowest BCUT2D eigenvalue weighted by Gasteiger charge is -2.34. The average molecular weight is 376 g/mol. The summed E-state index contributed by atoms with van der Waals surface area (Å²) in [6.07, 6.45) is 5.94. The maximum atomic E-state index is 5.93. The standard InChI is InChI=1S/C20H20N6O2/c1-11-9-21-12(2)19-23-18(24-26(11)19)14-4-3-13(14)15-10-22-17-6-5-16-20(25(15)17)28-8-7-27-16/h5-6,9-10,13-14H,3-4,7-8H2,1-2H3. The molecule has 8 heteroatoms. The molecule has 1 saturated carbocycles. The molecular formula is C20H20N6O2. The van der Waals surface area contributed by atoms with Gasteiger partial charge in [-0.05, 0) is 38.8 Å². The van der Waals surface area contributed by atoms with Gasteiger partial charge in [0.1, 0.15) is 18.9 Å². The molecule has 0 bridgehead atoms. The largest absolute Gasteiger partial charge is 0.484 e. The van der Waals surface area contributed by atoms with Crippen LogP contribution < -0.4 is 9.47 Å². The van der Waals surface area contributed by atoms with Crippen LogP contribution in [-0.4, -0.2) is 42.2 Å². The van der Waals surface area contributed by atoms with Crippen LogP contribution in [-0.2, 0) is 0 Å². The molecule has 28 heavy (non-hydrogen) atoms. The van der Waals surface area contributed by atoms with E-state index < -0.39 is 0 Å². The van der Waals surface area contributed by atoms with Crippen molar-refractivity contribution in [2.24, 2.45) is 0 Å². The van der Waals surface area contributed by atoms with Crippen LogP contribution in [0.1, 0.15) is 47.6 Å². The van der Waals surface area contributed by atoms with E-state index in [4.69, 9.17) is 19.6 Å². The molecule has 5 heterocycles. The first-order valence-electron chi connectivity index (χ1n) is 9.65. The Bertz CT molecular complexity index is 1190. The topological polar surface area (TPSA) is 78.8 Å². The van der Waals surface area contributed by atoms with E-state index in [1.165, 1.54) is 0 Å². The third-order valence-electron chi connectivity index (χ3n) is 5.91. The summed E-state index contributed by atoms with van der Waals surface area (Å²) in [5.74, 6) is 2.97. The first-order valence-corrected chi connectivity index (χ1v) is 9.65. The first kappa shape index (κ1) is 15.9. The Balaban J connectivity index is 1.45. The van der Waals surface area contributed by atoms with Gasteiger partial charge < -0.3 is 9.47 Å². The highest BCUT2D eigenvalue weighted by molar-refractivity contribution is 5.52. The predicted octanol–water partition coefficient (Wildman–Crippen LogP) is 2.82. The minimum absolute atomic E-state index is 0.263. The Labute approximate surface area is 161 Å². The Kier molecular flexibility index (Phi) is 3.21. The van der Waals surface area contributed by atoms with Gasteiger partial charge in [0.05, 0.1) is 11.4 Å². The molecule has 4 aromatic heterocycles. The minimum Gasteiger partial charge on any atom is -0.484 e. The molecule has 8 nitrogen and oxygen atoms in total. The molecule has 0 N–H and O–H groups in total. The molecule has 0 aromatic carbocycles. The lowest BCUT2D eigenvalue weighted by Crippen LogP contribution is -2.25. The zero-order valence-corrected chi connectivity index (χ0v) is 15.8. The van der Waals surface area contributed by atoms with Crippen molar-refractivity contribution in [3.8, 4) is 11.6 Å². The number of aromatic nitrogens is 6.